The second kappa shape index (κ2) is 9.86. The number of amides is 1. The predicted molar refractivity (Wildman–Crippen MR) is 135 cm³/mol. The van der Waals surface area contributed by atoms with E-state index < -0.39 is 17.6 Å². The summed E-state index contributed by atoms with van der Waals surface area (Å²) >= 11 is 1.33. The van der Waals surface area contributed by atoms with Crippen LogP contribution in [0, 0.1) is 0 Å². The Hall–Kier alpha value is -4.91. The first kappa shape index (κ1) is 23.5. The van der Waals surface area contributed by atoms with Crippen LogP contribution in [0.5, 0.6) is 0 Å². The topological polar surface area (TPSA) is 165 Å². The summed E-state index contributed by atoms with van der Waals surface area (Å²) < 4.78 is 1.68. The van der Waals surface area contributed by atoms with E-state index in [0.29, 0.717) is 23.1 Å². The van der Waals surface area contributed by atoms with Gasteiger partial charge in [-0.2, -0.15) is 15.3 Å². The van der Waals surface area contributed by atoms with E-state index in [1.54, 1.807) is 4.68 Å². The van der Waals surface area contributed by atoms with Crippen molar-refractivity contribution >= 4 is 23.2 Å². The lowest BCUT2D eigenvalue weighted by atomic mass is 9.98. The van der Waals surface area contributed by atoms with Crippen molar-refractivity contribution in [3.63, 3.8) is 0 Å². The van der Waals surface area contributed by atoms with Gasteiger partial charge in [-0.1, -0.05) is 59.9 Å². The van der Waals surface area contributed by atoms with E-state index in [4.69, 9.17) is 5.10 Å². The summed E-state index contributed by atoms with van der Waals surface area (Å²) in [5.41, 5.74) is 3.03. The van der Waals surface area contributed by atoms with Gasteiger partial charge in [-0.05, 0) is 34.7 Å². The molecule has 1 aliphatic carbocycles. The number of aromatic nitrogens is 8. The van der Waals surface area contributed by atoms with Crippen molar-refractivity contribution in [2.45, 2.75) is 25.3 Å². The fraction of sp³-hybridized carbons (Fsp3) is 0.160. The van der Waals surface area contributed by atoms with Gasteiger partial charge < -0.3 is 5.11 Å². The molecule has 0 radical (unpaired) electrons. The largest absolute Gasteiger partial charge is 0.476 e. The Kier molecular flexibility index (Phi) is 6.09. The van der Waals surface area contributed by atoms with Crippen molar-refractivity contribution in [2.75, 3.05) is 0 Å². The van der Waals surface area contributed by atoms with Crippen LogP contribution in [-0.4, -0.2) is 57.4 Å². The highest BCUT2D eigenvalue weighted by Crippen LogP contribution is 2.40. The van der Waals surface area contributed by atoms with Gasteiger partial charge in [-0.25, -0.2) is 19.4 Å². The number of carbonyl (C=O) groups excluding carboxylic acids is 1. The molecule has 1 saturated carbocycles. The lowest BCUT2D eigenvalue weighted by Gasteiger charge is -2.08. The Bertz CT molecular complexity index is 1700. The second-order valence-electron chi connectivity index (χ2n) is 8.61. The third-order valence-electron chi connectivity index (χ3n) is 5.97. The molecule has 1 fully saturated rings. The summed E-state index contributed by atoms with van der Waals surface area (Å²) in [6, 6.07) is 15.8. The van der Waals surface area contributed by atoms with Gasteiger partial charge in [0.15, 0.2) is 11.4 Å². The minimum Gasteiger partial charge on any atom is -0.476 e. The summed E-state index contributed by atoms with van der Waals surface area (Å²) in [5.74, 6) is -1.24. The Balaban J connectivity index is 1.31. The van der Waals surface area contributed by atoms with Crippen LogP contribution in [0.2, 0.25) is 0 Å². The van der Waals surface area contributed by atoms with Crippen molar-refractivity contribution in [1.82, 2.24) is 40.4 Å². The lowest BCUT2D eigenvalue weighted by molar-refractivity contribution is 0.0684. The molecule has 0 bridgehead atoms. The summed E-state index contributed by atoms with van der Waals surface area (Å²) in [4.78, 5) is 36.6. The van der Waals surface area contributed by atoms with E-state index in [2.05, 4.69) is 35.6 Å². The van der Waals surface area contributed by atoms with E-state index in [-0.39, 0.29) is 5.69 Å². The van der Waals surface area contributed by atoms with Crippen molar-refractivity contribution in [3.05, 3.63) is 87.7 Å². The second-order valence-corrected chi connectivity index (χ2v) is 9.60. The molecule has 0 saturated heterocycles. The molecule has 188 valence electrons. The molecule has 12 nitrogen and oxygen atoms in total. The summed E-state index contributed by atoms with van der Waals surface area (Å²) in [6.07, 6.45) is 4.58. The number of carboxylic acid groups (broad SMARTS) is 1. The number of benzene rings is 2. The molecule has 6 rings (SSSR count). The van der Waals surface area contributed by atoms with Gasteiger partial charge in [0.1, 0.15) is 5.01 Å². The maximum absolute atomic E-state index is 12.9. The number of aromatic carboxylic acids is 1. The van der Waals surface area contributed by atoms with E-state index in [1.807, 2.05) is 48.5 Å². The highest BCUT2D eigenvalue weighted by Gasteiger charge is 2.28. The van der Waals surface area contributed by atoms with Gasteiger partial charge in [-0.15, -0.1) is 10.2 Å². The maximum Gasteiger partial charge on any atom is 0.356 e. The summed E-state index contributed by atoms with van der Waals surface area (Å²) in [6.45, 7) is 0.383. The fourth-order valence-corrected chi connectivity index (χ4v) is 5.03. The number of hydrogen-bond donors (Lipinski definition) is 2. The van der Waals surface area contributed by atoms with Crippen LogP contribution in [0.3, 0.4) is 0 Å². The van der Waals surface area contributed by atoms with Crippen LogP contribution in [0.25, 0.3) is 22.5 Å². The minimum atomic E-state index is -1.34. The number of rotatable bonds is 7. The molecule has 0 spiro atoms. The number of hydrogen-bond acceptors (Lipinski definition) is 9. The van der Waals surface area contributed by atoms with Crippen LogP contribution in [0.4, 0.5) is 0 Å². The van der Waals surface area contributed by atoms with E-state index in [1.165, 1.54) is 23.7 Å². The number of nitrogens with zero attached hydrogens (tertiary/aromatic N) is 8. The van der Waals surface area contributed by atoms with Crippen molar-refractivity contribution in [3.8, 4) is 22.5 Å². The molecule has 2 N–H and O–H groups in total. The van der Waals surface area contributed by atoms with Crippen LogP contribution < -0.4 is 4.80 Å². The molecule has 2 aromatic carbocycles. The zero-order valence-electron chi connectivity index (χ0n) is 19.7. The number of H-pyrrole nitrogens is 1. The number of aromatic amines is 1. The maximum atomic E-state index is 12.9. The molecule has 5 aromatic rings. The van der Waals surface area contributed by atoms with Gasteiger partial charge in [0, 0.05) is 23.9 Å². The zero-order chi connectivity index (χ0) is 26.1. The Morgan fingerprint density at radius 3 is 2.45 bits per heavy atom. The Morgan fingerprint density at radius 2 is 1.76 bits per heavy atom. The van der Waals surface area contributed by atoms with E-state index >= 15 is 0 Å². The van der Waals surface area contributed by atoms with Gasteiger partial charge in [0.2, 0.25) is 10.6 Å². The predicted octanol–water partition coefficient (Wildman–Crippen LogP) is 2.95. The van der Waals surface area contributed by atoms with Gasteiger partial charge in [0.25, 0.3) is 0 Å². The molecular weight excluding hydrogens is 506 g/mol. The van der Waals surface area contributed by atoms with Crippen LogP contribution in [-0.2, 0) is 6.54 Å². The zero-order valence-corrected chi connectivity index (χ0v) is 20.5. The minimum absolute atomic E-state index is 0.308. The lowest BCUT2D eigenvalue weighted by Crippen LogP contribution is -2.20. The van der Waals surface area contributed by atoms with Crippen molar-refractivity contribution in [2.24, 2.45) is 4.99 Å². The van der Waals surface area contributed by atoms with E-state index in [0.717, 1.165) is 40.1 Å². The third-order valence-corrected chi connectivity index (χ3v) is 7.08. The Labute approximate surface area is 218 Å². The molecule has 1 amide bonds. The van der Waals surface area contributed by atoms with Gasteiger partial charge in [-0.3, -0.25) is 4.79 Å². The number of nitrogens with one attached hydrogen (secondary N) is 1. The Morgan fingerprint density at radius 1 is 1.03 bits per heavy atom. The number of carboxylic acids is 1. The summed E-state index contributed by atoms with van der Waals surface area (Å²) in [7, 11) is 0. The molecule has 1 aliphatic rings. The van der Waals surface area contributed by atoms with Crippen molar-refractivity contribution in [1.29, 1.82) is 0 Å². The fourth-order valence-electron chi connectivity index (χ4n) is 3.97. The smallest absolute Gasteiger partial charge is 0.356 e. The molecule has 0 unspecified atom stereocenters. The average Bonchev–Trinajstić information content (AvgIpc) is 3.50. The highest BCUT2D eigenvalue weighted by molar-refractivity contribution is 7.09. The third kappa shape index (κ3) is 4.74. The SMILES string of the molecule is O=C(O)c1nccnc1C(=O)N=c1sc(C2CC2)nn1Cc1ccc(-c2ccccc2-c2nn[nH]n2)cc1. The average molecular weight is 526 g/mol. The van der Waals surface area contributed by atoms with Crippen molar-refractivity contribution < 1.29 is 14.7 Å². The van der Waals surface area contributed by atoms with Crippen LogP contribution in [0.15, 0.2) is 65.9 Å². The molecule has 38 heavy (non-hydrogen) atoms. The summed E-state index contributed by atoms with van der Waals surface area (Å²) in [5, 5.41) is 29.3. The molecule has 3 aromatic heterocycles. The first-order valence-electron chi connectivity index (χ1n) is 11.7. The van der Waals surface area contributed by atoms with Gasteiger partial charge >= 0.3 is 11.9 Å². The molecule has 3 heterocycles. The molecule has 13 heteroatoms. The number of carbonyl (C=O) groups is 2. The standard InChI is InChI=1S/C25H19N9O3S/c35-22(19-20(24(36)37)27-12-11-26-19)28-25-34(31-23(38-25)16-9-10-16)13-14-5-7-15(8-6-14)17-3-1-2-4-18(17)21-29-32-33-30-21/h1-8,11-12,16H,9-10,13H2,(H,36,37)(H,29,30,32,33). The quantitative estimate of drug-likeness (QED) is 0.325. The molecule has 0 aliphatic heterocycles. The first-order valence-corrected chi connectivity index (χ1v) is 12.5. The van der Waals surface area contributed by atoms with Crippen LogP contribution >= 0.6 is 11.3 Å². The molecule has 0 atom stereocenters. The monoisotopic (exact) mass is 525 g/mol. The molecular formula is C25H19N9O3S. The highest BCUT2D eigenvalue weighted by atomic mass is 32.1. The van der Waals surface area contributed by atoms with Crippen LogP contribution in [0.1, 0.15) is 50.3 Å². The van der Waals surface area contributed by atoms with Gasteiger partial charge in [0.05, 0.1) is 6.54 Å². The van der Waals surface area contributed by atoms with E-state index in [9.17, 15) is 14.7 Å². The number of tetrazole rings is 1. The first-order chi connectivity index (χ1) is 18.6. The normalized spacial score (nSPS) is 13.5.